The highest BCUT2D eigenvalue weighted by Crippen LogP contribution is 2.26. The van der Waals surface area contributed by atoms with Crippen molar-refractivity contribution in [3.05, 3.63) is 41.9 Å². The van der Waals surface area contributed by atoms with Gasteiger partial charge in [0.2, 0.25) is 5.88 Å². The van der Waals surface area contributed by atoms with Crippen LogP contribution in [0.1, 0.15) is 11.3 Å². The van der Waals surface area contributed by atoms with E-state index in [2.05, 4.69) is 16.0 Å². The molecule has 84 valence electrons. The number of nitrogens with zero attached hydrogens (tertiary/aromatic N) is 3. The quantitative estimate of drug-likeness (QED) is 0.787. The summed E-state index contributed by atoms with van der Waals surface area (Å²) in [5.41, 5.74) is 3.17. The molecule has 2 aromatic heterocycles. The molecule has 0 aliphatic carbocycles. The average Bonchev–Trinajstić information content (AvgIpc) is 2.39. The van der Waals surface area contributed by atoms with Gasteiger partial charge in [0.05, 0.1) is 7.11 Å². The summed E-state index contributed by atoms with van der Waals surface area (Å²) in [6.45, 7) is 1.89. The standard InChI is InChI=1S/C13H11N3O/c1-9-12(10-3-5-15-6-4-10)7-11(8-14)13(16-9)17-2/h3-7H,1-2H3. The summed E-state index contributed by atoms with van der Waals surface area (Å²) in [7, 11) is 1.51. The number of rotatable bonds is 2. The molecule has 0 aromatic carbocycles. The zero-order valence-corrected chi connectivity index (χ0v) is 9.64. The average molecular weight is 225 g/mol. The number of methoxy groups -OCH3 is 1. The third-order valence-corrected chi connectivity index (χ3v) is 2.48. The second kappa shape index (κ2) is 4.62. The zero-order valence-electron chi connectivity index (χ0n) is 9.64. The Balaban J connectivity index is 2.61. The van der Waals surface area contributed by atoms with E-state index in [9.17, 15) is 0 Å². The molecule has 0 aliphatic heterocycles. The number of aromatic nitrogens is 2. The molecule has 0 unspecified atom stereocenters. The first-order chi connectivity index (χ1) is 8.26. The van der Waals surface area contributed by atoms with Crippen LogP contribution in [0.5, 0.6) is 5.88 Å². The maximum Gasteiger partial charge on any atom is 0.231 e. The third-order valence-electron chi connectivity index (χ3n) is 2.48. The summed E-state index contributed by atoms with van der Waals surface area (Å²) >= 11 is 0. The SMILES string of the molecule is COc1nc(C)c(-c2ccncc2)cc1C#N. The van der Waals surface area contributed by atoms with E-state index in [1.165, 1.54) is 7.11 Å². The van der Waals surface area contributed by atoms with Crippen molar-refractivity contribution in [1.29, 1.82) is 5.26 Å². The Morgan fingerprint density at radius 2 is 2.00 bits per heavy atom. The van der Waals surface area contributed by atoms with E-state index in [-0.39, 0.29) is 0 Å². The van der Waals surface area contributed by atoms with Gasteiger partial charge in [0.15, 0.2) is 0 Å². The summed E-state index contributed by atoms with van der Waals surface area (Å²) in [5.74, 6) is 0.364. The van der Waals surface area contributed by atoms with Crippen molar-refractivity contribution in [3.8, 4) is 23.1 Å². The van der Waals surface area contributed by atoms with Crippen LogP contribution in [0.2, 0.25) is 0 Å². The fraction of sp³-hybridized carbons (Fsp3) is 0.154. The van der Waals surface area contributed by atoms with Crippen molar-refractivity contribution < 1.29 is 4.74 Å². The highest BCUT2D eigenvalue weighted by Gasteiger charge is 2.10. The first kappa shape index (κ1) is 11.1. The number of nitriles is 1. The van der Waals surface area contributed by atoms with Crippen LogP contribution in [0.15, 0.2) is 30.6 Å². The van der Waals surface area contributed by atoms with Crippen LogP contribution in [0.4, 0.5) is 0 Å². The minimum Gasteiger partial charge on any atom is -0.480 e. The molecule has 0 N–H and O–H groups in total. The molecule has 2 aromatic rings. The summed E-state index contributed by atoms with van der Waals surface area (Å²) in [6.07, 6.45) is 3.43. The van der Waals surface area contributed by atoms with Gasteiger partial charge in [-0.15, -0.1) is 0 Å². The molecule has 0 saturated carbocycles. The molecule has 17 heavy (non-hydrogen) atoms. The molecule has 0 spiro atoms. The van der Waals surface area contributed by atoms with Gasteiger partial charge in [-0.2, -0.15) is 5.26 Å². The van der Waals surface area contributed by atoms with Crippen LogP contribution < -0.4 is 4.74 Å². The first-order valence-corrected chi connectivity index (χ1v) is 5.12. The summed E-state index contributed by atoms with van der Waals surface area (Å²) in [5, 5.41) is 9.03. The fourth-order valence-electron chi connectivity index (χ4n) is 1.64. The van der Waals surface area contributed by atoms with Crippen LogP contribution in [0.25, 0.3) is 11.1 Å². The van der Waals surface area contributed by atoms with Gasteiger partial charge in [-0.05, 0) is 30.7 Å². The molecule has 4 nitrogen and oxygen atoms in total. The maximum atomic E-state index is 9.03. The van der Waals surface area contributed by atoms with Crippen molar-refractivity contribution in [1.82, 2.24) is 9.97 Å². The van der Waals surface area contributed by atoms with Gasteiger partial charge in [-0.25, -0.2) is 4.98 Å². The van der Waals surface area contributed by atoms with Gasteiger partial charge in [0.1, 0.15) is 11.6 Å². The number of ether oxygens (including phenoxy) is 1. The lowest BCUT2D eigenvalue weighted by Crippen LogP contribution is -1.96. The molecule has 0 amide bonds. The Bertz CT molecular complexity index is 573. The van der Waals surface area contributed by atoms with E-state index in [0.29, 0.717) is 11.4 Å². The predicted molar refractivity (Wildman–Crippen MR) is 63.5 cm³/mol. The summed E-state index contributed by atoms with van der Waals surface area (Å²) < 4.78 is 5.06. The van der Waals surface area contributed by atoms with E-state index in [1.807, 2.05) is 19.1 Å². The summed E-state index contributed by atoms with van der Waals surface area (Å²) in [4.78, 5) is 8.24. The molecular formula is C13H11N3O. The van der Waals surface area contributed by atoms with E-state index >= 15 is 0 Å². The van der Waals surface area contributed by atoms with E-state index in [4.69, 9.17) is 10.00 Å². The van der Waals surface area contributed by atoms with Gasteiger partial charge < -0.3 is 4.74 Å². The molecule has 4 heteroatoms. The van der Waals surface area contributed by atoms with Crippen LogP contribution >= 0.6 is 0 Å². The lowest BCUT2D eigenvalue weighted by atomic mass is 10.0. The number of pyridine rings is 2. The number of hydrogen-bond donors (Lipinski definition) is 0. The fourth-order valence-corrected chi connectivity index (χ4v) is 1.64. The van der Waals surface area contributed by atoms with Crippen molar-refractivity contribution in [2.45, 2.75) is 6.92 Å². The molecule has 0 saturated heterocycles. The van der Waals surface area contributed by atoms with Crippen molar-refractivity contribution in [2.24, 2.45) is 0 Å². The molecular weight excluding hydrogens is 214 g/mol. The van der Waals surface area contributed by atoms with Gasteiger partial charge in [0, 0.05) is 23.7 Å². The van der Waals surface area contributed by atoms with Crippen molar-refractivity contribution >= 4 is 0 Å². The van der Waals surface area contributed by atoms with Crippen LogP contribution in [-0.4, -0.2) is 17.1 Å². The van der Waals surface area contributed by atoms with E-state index < -0.39 is 0 Å². The predicted octanol–water partition coefficient (Wildman–Crippen LogP) is 2.33. The first-order valence-electron chi connectivity index (χ1n) is 5.12. The van der Waals surface area contributed by atoms with Crippen LogP contribution in [0, 0.1) is 18.3 Å². The molecule has 0 atom stereocenters. The zero-order chi connectivity index (χ0) is 12.3. The maximum absolute atomic E-state index is 9.03. The molecule has 0 radical (unpaired) electrons. The minimum atomic E-state index is 0.364. The Hall–Kier alpha value is -2.41. The van der Waals surface area contributed by atoms with Gasteiger partial charge in [0.25, 0.3) is 0 Å². The number of aryl methyl sites for hydroxylation is 1. The third kappa shape index (κ3) is 2.08. The van der Waals surface area contributed by atoms with E-state index in [1.54, 1.807) is 18.5 Å². The minimum absolute atomic E-state index is 0.364. The largest absolute Gasteiger partial charge is 0.480 e. The normalized spacial score (nSPS) is 9.71. The Kier molecular flexibility index (Phi) is 3.01. The van der Waals surface area contributed by atoms with Gasteiger partial charge >= 0.3 is 0 Å². The number of hydrogen-bond acceptors (Lipinski definition) is 4. The summed E-state index contributed by atoms with van der Waals surface area (Å²) in [6, 6.07) is 7.64. The molecule has 2 heterocycles. The van der Waals surface area contributed by atoms with E-state index in [0.717, 1.165) is 16.8 Å². The Morgan fingerprint density at radius 3 is 2.59 bits per heavy atom. The topological polar surface area (TPSA) is 58.8 Å². The van der Waals surface area contributed by atoms with Crippen molar-refractivity contribution in [2.75, 3.05) is 7.11 Å². The molecule has 2 rings (SSSR count). The van der Waals surface area contributed by atoms with Crippen molar-refractivity contribution in [3.63, 3.8) is 0 Å². The van der Waals surface area contributed by atoms with Gasteiger partial charge in [-0.3, -0.25) is 4.98 Å². The van der Waals surface area contributed by atoms with Crippen LogP contribution in [-0.2, 0) is 0 Å². The molecule has 0 bridgehead atoms. The molecule has 0 aliphatic rings. The van der Waals surface area contributed by atoms with Crippen LogP contribution in [0.3, 0.4) is 0 Å². The Morgan fingerprint density at radius 1 is 1.29 bits per heavy atom. The lowest BCUT2D eigenvalue weighted by Gasteiger charge is -2.08. The highest BCUT2D eigenvalue weighted by atomic mass is 16.5. The highest BCUT2D eigenvalue weighted by molar-refractivity contribution is 5.68. The molecule has 0 fully saturated rings. The lowest BCUT2D eigenvalue weighted by molar-refractivity contribution is 0.395. The Labute approximate surface area is 99.5 Å². The second-order valence-corrected chi connectivity index (χ2v) is 3.53. The van der Waals surface area contributed by atoms with Gasteiger partial charge in [-0.1, -0.05) is 0 Å². The monoisotopic (exact) mass is 225 g/mol. The smallest absolute Gasteiger partial charge is 0.231 e. The second-order valence-electron chi connectivity index (χ2n) is 3.53.